The highest BCUT2D eigenvalue weighted by Crippen LogP contribution is 2.37. The Kier molecular flexibility index (Phi) is 2.71. The Bertz CT molecular complexity index is 228. The van der Waals surface area contributed by atoms with Crippen molar-refractivity contribution in [2.24, 2.45) is 11.8 Å². The van der Waals surface area contributed by atoms with E-state index in [-0.39, 0.29) is 6.10 Å². The number of nitrogens with zero attached hydrogens (tertiary/aromatic N) is 1. The second kappa shape index (κ2) is 4.04. The Hall–Kier alpha value is -0.120. The number of aliphatic hydroxyl groups is 1. The normalized spacial score (nSPS) is 47.0. The SMILES string of the molecule is O[C@H]1CCC[C@H]2CN([C@H]3CCOC3)C[C@H]21. The van der Waals surface area contributed by atoms with Gasteiger partial charge in [0.1, 0.15) is 0 Å². The van der Waals surface area contributed by atoms with Crippen LogP contribution in [0, 0.1) is 11.8 Å². The van der Waals surface area contributed by atoms with Gasteiger partial charge < -0.3 is 9.84 Å². The molecule has 86 valence electrons. The van der Waals surface area contributed by atoms with Crippen molar-refractivity contribution in [3.63, 3.8) is 0 Å². The molecule has 1 aliphatic carbocycles. The summed E-state index contributed by atoms with van der Waals surface area (Å²) in [5.41, 5.74) is 0. The van der Waals surface area contributed by atoms with E-state index in [0.29, 0.717) is 12.0 Å². The minimum Gasteiger partial charge on any atom is -0.393 e. The summed E-state index contributed by atoms with van der Waals surface area (Å²) in [6.45, 7) is 4.16. The lowest BCUT2D eigenvalue weighted by atomic mass is 9.80. The minimum atomic E-state index is -0.0314. The highest BCUT2D eigenvalue weighted by Gasteiger charge is 2.41. The molecule has 1 saturated carbocycles. The van der Waals surface area contributed by atoms with E-state index < -0.39 is 0 Å². The van der Waals surface area contributed by atoms with Crippen molar-refractivity contribution in [3.8, 4) is 0 Å². The monoisotopic (exact) mass is 211 g/mol. The third-order valence-electron chi connectivity index (χ3n) is 4.51. The van der Waals surface area contributed by atoms with Gasteiger partial charge in [0.05, 0.1) is 12.7 Å². The molecule has 15 heavy (non-hydrogen) atoms. The lowest BCUT2D eigenvalue weighted by Gasteiger charge is -2.29. The van der Waals surface area contributed by atoms with E-state index >= 15 is 0 Å². The van der Waals surface area contributed by atoms with Gasteiger partial charge in [-0.05, 0) is 25.2 Å². The first-order valence-corrected chi connectivity index (χ1v) is 6.34. The maximum Gasteiger partial charge on any atom is 0.0622 e. The fraction of sp³-hybridized carbons (Fsp3) is 1.00. The fourth-order valence-electron chi connectivity index (χ4n) is 3.58. The van der Waals surface area contributed by atoms with Gasteiger partial charge in [-0.2, -0.15) is 0 Å². The Balaban J connectivity index is 1.65. The Morgan fingerprint density at radius 2 is 2.07 bits per heavy atom. The smallest absolute Gasteiger partial charge is 0.0622 e. The number of fused-ring (bicyclic) bond motifs is 1. The quantitative estimate of drug-likeness (QED) is 0.698. The van der Waals surface area contributed by atoms with Crippen molar-refractivity contribution in [3.05, 3.63) is 0 Å². The number of aliphatic hydroxyl groups excluding tert-OH is 1. The first-order chi connectivity index (χ1) is 7.34. The summed E-state index contributed by atoms with van der Waals surface area (Å²) in [6, 6.07) is 0.641. The van der Waals surface area contributed by atoms with Crippen molar-refractivity contribution >= 4 is 0 Å². The Morgan fingerprint density at radius 3 is 2.80 bits per heavy atom. The van der Waals surface area contributed by atoms with Gasteiger partial charge in [0.2, 0.25) is 0 Å². The fourth-order valence-corrected chi connectivity index (χ4v) is 3.58. The molecule has 3 nitrogen and oxygen atoms in total. The van der Waals surface area contributed by atoms with Crippen LogP contribution < -0.4 is 0 Å². The molecular weight excluding hydrogens is 190 g/mol. The lowest BCUT2D eigenvalue weighted by molar-refractivity contribution is 0.0537. The van der Waals surface area contributed by atoms with Crippen molar-refractivity contribution in [2.45, 2.75) is 37.8 Å². The standard InChI is InChI=1S/C12H21NO2/c14-12-3-1-2-9-6-13(7-11(9)12)10-4-5-15-8-10/h9-12,14H,1-8H2/t9-,10-,11+,12-/m0/s1. The van der Waals surface area contributed by atoms with E-state index in [1.54, 1.807) is 0 Å². The Morgan fingerprint density at radius 1 is 1.13 bits per heavy atom. The molecule has 1 N–H and O–H groups in total. The van der Waals surface area contributed by atoms with Crippen molar-refractivity contribution in [2.75, 3.05) is 26.3 Å². The molecule has 3 aliphatic rings. The molecule has 0 aromatic heterocycles. The average Bonchev–Trinajstić information content (AvgIpc) is 2.86. The van der Waals surface area contributed by atoms with Crippen LogP contribution in [-0.4, -0.2) is 48.5 Å². The molecule has 0 amide bonds. The molecule has 0 bridgehead atoms. The summed E-state index contributed by atoms with van der Waals surface area (Å²) in [5.74, 6) is 1.31. The van der Waals surface area contributed by atoms with Crippen molar-refractivity contribution in [1.29, 1.82) is 0 Å². The molecule has 4 atom stereocenters. The summed E-state index contributed by atoms with van der Waals surface area (Å²) in [5, 5.41) is 9.98. The van der Waals surface area contributed by atoms with Crippen molar-refractivity contribution < 1.29 is 9.84 Å². The number of hydrogen-bond acceptors (Lipinski definition) is 3. The molecule has 3 heteroatoms. The molecule has 2 heterocycles. The van der Waals surface area contributed by atoms with Crippen LogP contribution in [-0.2, 0) is 4.74 Å². The molecule has 3 fully saturated rings. The van der Waals surface area contributed by atoms with Crippen LogP contribution in [0.3, 0.4) is 0 Å². The first-order valence-electron chi connectivity index (χ1n) is 6.34. The van der Waals surface area contributed by atoms with Gasteiger partial charge in [0, 0.05) is 31.7 Å². The van der Waals surface area contributed by atoms with Crippen LogP contribution in [0.15, 0.2) is 0 Å². The van der Waals surface area contributed by atoms with E-state index in [1.807, 2.05) is 0 Å². The largest absolute Gasteiger partial charge is 0.393 e. The van der Waals surface area contributed by atoms with Gasteiger partial charge in [-0.25, -0.2) is 0 Å². The predicted molar refractivity (Wildman–Crippen MR) is 57.6 cm³/mol. The van der Waals surface area contributed by atoms with Gasteiger partial charge >= 0.3 is 0 Å². The van der Waals surface area contributed by atoms with Crippen LogP contribution in [0.25, 0.3) is 0 Å². The second-order valence-electron chi connectivity index (χ2n) is 5.39. The maximum atomic E-state index is 9.98. The predicted octanol–water partition coefficient (Wildman–Crippen LogP) is 0.868. The molecular formula is C12H21NO2. The highest BCUT2D eigenvalue weighted by atomic mass is 16.5. The molecule has 2 aliphatic heterocycles. The van der Waals surface area contributed by atoms with Gasteiger partial charge in [-0.15, -0.1) is 0 Å². The summed E-state index contributed by atoms with van der Waals surface area (Å²) in [4.78, 5) is 2.57. The van der Waals surface area contributed by atoms with E-state index in [2.05, 4.69) is 4.90 Å². The zero-order valence-corrected chi connectivity index (χ0v) is 9.27. The summed E-state index contributed by atoms with van der Waals surface area (Å²) in [7, 11) is 0. The first kappa shape index (κ1) is 10.1. The molecule has 0 unspecified atom stereocenters. The molecule has 0 aromatic rings. The van der Waals surface area contributed by atoms with Gasteiger partial charge in [0.25, 0.3) is 0 Å². The minimum absolute atomic E-state index is 0.0314. The second-order valence-corrected chi connectivity index (χ2v) is 5.39. The summed E-state index contributed by atoms with van der Waals surface area (Å²) >= 11 is 0. The number of hydrogen-bond donors (Lipinski definition) is 1. The van der Waals surface area contributed by atoms with E-state index in [0.717, 1.165) is 32.1 Å². The summed E-state index contributed by atoms with van der Waals surface area (Å²) < 4.78 is 5.45. The van der Waals surface area contributed by atoms with Crippen LogP contribution >= 0.6 is 0 Å². The van der Waals surface area contributed by atoms with Gasteiger partial charge in [-0.3, -0.25) is 4.90 Å². The molecule has 0 radical (unpaired) electrons. The van der Waals surface area contributed by atoms with Crippen LogP contribution in [0.5, 0.6) is 0 Å². The number of rotatable bonds is 1. The molecule has 0 aromatic carbocycles. The van der Waals surface area contributed by atoms with Crippen LogP contribution in [0.1, 0.15) is 25.7 Å². The van der Waals surface area contributed by atoms with Crippen LogP contribution in [0.2, 0.25) is 0 Å². The van der Waals surface area contributed by atoms with E-state index in [9.17, 15) is 5.11 Å². The van der Waals surface area contributed by atoms with Crippen molar-refractivity contribution in [1.82, 2.24) is 4.90 Å². The third-order valence-corrected chi connectivity index (χ3v) is 4.51. The van der Waals surface area contributed by atoms with Gasteiger partial charge in [-0.1, -0.05) is 6.42 Å². The zero-order valence-electron chi connectivity index (χ0n) is 9.27. The van der Waals surface area contributed by atoms with E-state index in [4.69, 9.17) is 4.74 Å². The molecule has 3 rings (SSSR count). The zero-order chi connectivity index (χ0) is 10.3. The maximum absolute atomic E-state index is 9.98. The molecule has 0 spiro atoms. The van der Waals surface area contributed by atoms with Gasteiger partial charge in [0.15, 0.2) is 0 Å². The van der Waals surface area contributed by atoms with Crippen LogP contribution in [0.4, 0.5) is 0 Å². The topological polar surface area (TPSA) is 32.7 Å². The highest BCUT2D eigenvalue weighted by molar-refractivity contribution is 4.94. The van der Waals surface area contributed by atoms with E-state index in [1.165, 1.54) is 25.8 Å². The number of likely N-dealkylation sites (tertiary alicyclic amines) is 1. The lowest BCUT2D eigenvalue weighted by Crippen LogP contribution is -2.35. The average molecular weight is 211 g/mol. The molecule has 2 saturated heterocycles. The Labute approximate surface area is 91.4 Å². The number of ether oxygens (including phenoxy) is 1. The third kappa shape index (κ3) is 1.81. The summed E-state index contributed by atoms with van der Waals surface area (Å²) in [6.07, 6.45) is 4.73.